The Kier molecular flexibility index (Phi) is 3.24. The smallest absolute Gasteiger partial charge is 0.408 e. The Balaban J connectivity index is 2.20. The van der Waals surface area contributed by atoms with Crippen LogP contribution in [0.4, 0.5) is 0 Å². The van der Waals surface area contributed by atoms with E-state index in [1.807, 2.05) is 0 Å². The lowest BCUT2D eigenvalue weighted by Gasteiger charge is -2.12. The third kappa shape index (κ3) is 2.61. The summed E-state index contributed by atoms with van der Waals surface area (Å²) in [6.07, 6.45) is 0. The van der Waals surface area contributed by atoms with Gasteiger partial charge in [0.15, 0.2) is 5.58 Å². The number of oxazole rings is 1. The highest BCUT2D eigenvalue weighted by atomic mass is 32.2. The highest BCUT2D eigenvalue weighted by Gasteiger charge is 2.12. The lowest BCUT2D eigenvalue weighted by Crippen LogP contribution is -2.35. The van der Waals surface area contributed by atoms with Crippen molar-refractivity contribution in [1.29, 1.82) is 0 Å². The van der Waals surface area contributed by atoms with Gasteiger partial charge >= 0.3 is 5.76 Å². The maximum absolute atomic E-state index is 11.5. The Morgan fingerprint density at radius 1 is 1.39 bits per heavy atom. The largest absolute Gasteiger partial charge is 0.417 e. The van der Waals surface area contributed by atoms with Crippen molar-refractivity contribution in [3.8, 4) is 0 Å². The lowest BCUT2D eigenvalue weighted by atomic mass is 10.2. The number of aromatic amines is 1. The number of nitrogens with zero attached hydrogens (tertiary/aromatic N) is 1. The van der Waals surface area contributed by atoms with Gasteiger partial charge in [-0.15, -0.1) is 0 Å². The molecule has 0 saturated heterocycles. The van der Waals surface area contributed by atoms with Gasteiger partial charge in [-0.2, -0.15) is 17.4 Å². The quantitative estimate of drug-likeness (QED) is 0.819. The molecule has 98 valence electrons. The van der Waals surface area contributed by atoms with Crippen LogP contribution in [0.5, 0.6) is 0 Å². The van der Waals surface area contributed by atoms with Gasteiger partial charge in [0.1, 0.15) is 0 Å². The fraction of sp³-hybridized carbons (Fsp3) is 0.300. The first-order valence-electron chi connectivity index (χ1n) is 5.17. The molecule has 18 heavy (non-hydrogen) atoms. The molecule has 7 nitrogen and oxygen atoms in total. The van der Waals surface area contributed by atoms with E-state index in [1.165, 1.54) is 14.1 Å². The molecule has 2 N–H and O–H groups in total. The van der Waals surface area contributed by atoms with Crippen molar-refractivity contribution in [1.82, 2.24) is 14.0 Å². The van der Waals surface area contributed by atoms with Crippen molar-refractivity contribution in [3.05, 3.63) is 34.3 Å². The summed E-state index contributed by atoms with van der Waals surface area (Å²) in [5.41, 5.74) is 1.69. The average Bonchev–Trinajstić information content (AvgIpc) is 2.65. The molecule has 2 aromatic rings. The third-order valence-electron chi connectivity index (χ3n) is 2.42. The number of H-pyrrole nitrogens is 1. The lowest BCUT2D eigenvalue weighted by molar-refractivity contribution is 0.505. The summed E-state index contributed by atoms with van der Waals surface area (Å²) in [6.45, 7) is 0.130. The van der Waals surface area contributed by atoms with Crippen molar-refractivity contribution in [2.45, 2.75) is 6.54 Å². The molecule has 0 aliphatic carbocycles. The van der Waals surface area contributed by atoms with Gasteiger partial charge in [-0.25, -0.2) is 4.79 Å². The van der Waals surface area contributed by atoms with Crippen LogP contribution in [0, 0.1) is 0 Å². The SMILES string of the molecule is CN(C)S(=O)(=O)NCc1ccc2[nH]c(=O)oc2c1. The van der Waals surface area contributed by atoms with Gasteiger partial charge in [0.25, 0.3) is 10.2 Å². The summed E-state index contributed by atoms with van der Waals surface area (Å²) < 4.78 is 31.4. The maximum atomic E-state index is 11.5. The fourth-order valence-corrected chi connectivity index (χ4v) is 2.01. The summed E-state index contributed by atoms with van der Waals surface area (Å²) in [6, 6.07) is 5.00. The van der Waals surface area contributed by atoms with Crippen LogP contribution in [0.1, 0.15) is 5.56 Å². The fourth-order valence-electron chi connectivity index (χ4n) is 1.40. The molecule has 1 aromatic heterocycles. The molecule has 0 fully saturated rings. The molecule has 0 radical (unpaired) electrons. The highest BCUT2D eigenvalue weighted by molar-refractivity contribution is 7.87. The normalized spacial score (nSPS) is 12.4. The van der Waals surface area contributed by atoms with Crippen LogP contribution in [0.2, 0.25) is 0 Å². The van der Waals surface area contributed by atoms with E-state index in [9.17, 15) is 13.2 Å². The summed E-state index contributed by atoms with van der Waals surface area (Å²) in [7, 11) is -0.579. The Morgan fingerprint density at radius 3 is 2.78 bits per heavy atom. The number of nitrogens with one attached hydrogen (secondary N) is 2. The van der Waals surface area contributed by atoms with E-state index in [0.29, 0.717) is 16.7 Å². The van der Waals surface area contributed by atoms with Gasteiger partial charge in [-0.3, -0.25) is 4.98 Å². The molecule has 0 aliphatic rings. The van der Waals surface area contributed by atoms with Crippen LogP contribution >= 0.6 is 0 Å². The first-order valence-corrected chi connectivity index (χ1v) is 6.61. The molecule has 0 saturated carbocycles. The summed E-state index contributed by atoms with van der Waals surface area (Å²) in [5, 5.41) is 0. The first kappa shape index (κ1) is 12.8. The van der Waals surface area contributed by atoms with E-state index in [2.05, 4.69) is 9.71 Å². The van der Waals surface area contributed by atoms with Crippen molar-refractivity contribution in [3.63, 3.8) is 0 Å². The van der Waals surface area contributed by atoms with Gasteiger partial charge in [-0.05, 0) is 17.7 Å². The zero-order valence-electron chi connectivity index (χ0n) is 9.93. The Labute approximate surface area is 104 Å². The average molecular weight is 271 g/mol. The zero-order chi connectivity index (χ0) is 13.3. The number of rotatable bonds is 4. The van der Waals surface area contributed by atoms with Crippen LogP contribution in [0.3, 0.4) is 0 Å². The molecular formula is C10H13N3O4S. The molecule has 1 aromatic carbocycles. The van der Waals surface area contributed by atoms with Crippen molar-refractivity contribution < 1.29 is 12.8 Å². The summed E-state index contributed by atoms with van der Waals surface area (Å²) >= 11 is 0. The van der Waals surface area contributed by atoms with E-state index in [-0.39, 0.29) is 6.54 Å². The summed E-state index contributed by atoms with van der Waals surface area (Å²) in [5.74, 6) is -0.531. The van der Waals surface area contributed by atoms with Gasteiger partial charge in [0.2, 0.25) is 0 Å². The molecule has 0 atom stereocenters. The molecule has 1 heterocycles. The molecule has 0 amide bonds. The molecule has 0 unspecified atom stereocenters. The number of benzene rings is 1. The molecule has 8 heteroatoms. The highest BCUT2D eigenvalue weighted by Crippen LogP contribution is 2.12. The van der Waals surface area contributed by atoms with Gasteiger partial charge in [-0.1, -0.05) is 6.07 Å². The monoisotopic (exact) mass is 271 g/mol. The first-order chi connectivity index (χ1) is 8.38. The van der Waals surface area contributed by atoms with Gasteiger partial charge < -0.3 is 4.42 Å². The van der Waals surface area contributed by atoms with Gasteiger partial charge in [0, 0.05) is 20.6 Å². The number of aromatic nitrogens is 1. The van der Waals surface area contributed by atoms with Crippen LogP contribution in [0.25, 0.3) is 11.1 Å². The number of hydrogen-bond acceptors (Lipinski definition) is 4. The Bertz CT molecular complexity index is 714. The minimum atomic E-state index is -3.46. The minimum Gasteiger partial charge on any atom is -0.408 e. The molecule has 2 rings (SSSR count). The predicted octanol–water partition coefficient (Wildman–Crippen LogP) is 0.0171. The van der Waals surface area contributed by atoms with E-state index < -0.39 is 16.0 Å². The molecule has 0 bridgehead atoms. The zero-order valence-corrected chi connectivity index (χ0v) is 10.7. The minimum absolute atomic E-state index is 0.130. The maximum Gasteiger partial charge on any atom is 0.417 e. The molecule has 0 aliphatic heterocycles. The molecular weight excluding hydrogens is 258 g/mol. The predicted molar refractivity (Wildman–Crippen MR) is 66.3 cm³/mol. The van der Waals surface area contributed by atoms with Crippen molar-refractivity contribution in [2.75, 3.05) is 14.1 Å². The second-order valence-electron chi connectivity index (χ2n) is 3.95. The third-order valence-corrected chi connectivity index (χ3v) is 3.90. The Hall–Kier alpha value is -1.64. The second-order valence-corrected chi connectivity index (χ2v) is 5.92. The van der Waals surface area contributed by atoms with E-state index in [4.69, 9.17) is 4.42 Å². The van der Waals surface area contributed by atoms with Crippen LogP contribution < -0.4 is 10.5 Å². The second kappa shape index (κ2) is 4.56. The Morgan fingerprint density at radius 2 is 2.11 bits per heavy atom. The van der Waals surface area contributed by atoms with Crippen molar-refractivity contribution in [2.24, 2.45) is 0 Å². The van der Waals surface area contributed by atoms with E-state index in [0.717, 1.165) is 4.31 Å². The molecule has 0 spiro atoms. The van der Waals surface area contributed by atoms with Crippen LogP contribution in [-0.2, 0) is 16.8 Å². The van der Waals surface area contributed by atoms with Crippen molar-refractivity contribution >= 4 is 21.3 Å². The van der Waals surface area contributed by atoms with E-state index in [1.54, 1.807) is 18.2 Å². The summed E-state index contributed by atoms with van der Waals surface area (Å²) in [4.78, 5) is 13.5. The van der Waals surface area contributed by atoms with Gasteiger partial charge in [0.05, 0.1) is 5.52 Å². The topological polar surface area (TPSA) is 95.4 Å². The number of hydrogen-bond donors (Lipinski definition) is 2. The van der Waals surface area contributed by atoms with E-state index >= 15 is 0 Å². The van der Waals surface area contributed by atoms with Crippen LogP contribution in [-0.4, -0.2) is 31.8 Å². The standard InChI is InChI=1S/C10H13N3O4S/c1-13(2)18(15,16)11-6-7-3-4-8-9(5-7)17-10(14)12-8/h3-5,11H,6H2,1-2H3,(H,12,14). The van der Waals surface area contributed by atoms with Crippen LogP contribution in [0.15, 0.2) is 27.4 Å². The number of fused-ring (bicyclic) bond motifs is 1.